The van der Waals surface area contributed by atoms with Crippen LogP contribution < -0.4 is 5.32 Å². The lowest BCUT2D eigenvalue weighted by Crippen LogP contribution is -2.40. The van der Waals surface area contributed by atoms with Gasteiger partial charge in [0.05, 0.1) is 0 Å². The minimum atomic E-state index is -0.0345. The van der Waals surface area contributed by atoms with Gasteiger partial charge < -0.3 is 5.32 Å². The fourth-order valence-electron chi connectivity index (χ4n) is 2.42. The first-order valence-corrected chi connectivity index (χ1v) is 6.32. The Labute approximate surface area is 93.8 Å². The zero-order valence-corrected chi connectivity index (χ0v) is 10.4. The average Bonchev–Trinajstić information content (AvgIpc) is 2.19. The van der Waals surface area contributed by atoms with Crippen LogP contribution in [-0.4, -0.2) is 18.9 Å². The average molecular weight is 211 g/mol. The van der Waals surface area contributed by atoms with Crippen LogP contribution >= 0.6 is 0 Å². The van der Waals surface area contributed by atoms with E-state index in [2.05, 4.69) is 26.1 Å². The van der Waals surface area contributed by atoms with Crippen LogP contribution in [0.15, 0.2) is 0 Å². The Morgan fingerprint density at radius 2 is 2.00 bits per heavy atom. The summed E-state index contributed by atoms with van der Waals surface area (Å²) < 4.78 is 0. The van der Waals surface area contributed by atoms with Crippen LogP contribution in [0, 0.1) is 11.3 Å². The summed E-state index contributed by atoms with van der Waals surface area (Å²) >= 11 is 0. The number of hydrogen-bond donors (Lipinski definition) is 1. The molecule has 1 atom stereocenters. The van der Waals surface area contributed by atoms with Crippen molar-refractivity contribution in [3.8, 4) is 0 Å². The summed E-state index contributed by atoms with van der Waals surface area (Å²) in [5.74, 6) is 1.05. The lowest BCUT2D eigenvalue weighted by atomic mass is 9.74. The summed E-state index contributed by atoms with van der Waals surface area (Å²) in [5, 5.41) is 3.32. The summed E-state index contributed by atoms with van der Waals surface area (Å²) in [6.07, 6.45) is 5.19. The van der Waals surface area contributed by atoms with Crippen molar-refractivity contribution < 1.29 is 4.79 Å². The molecule has 0 aromatic rings. The third kappa shape index (κ3) is 3.60. The van der Waals surface area contributed by atoms with Crippen LogP contribution in [0.1, 0.15) is 52.9 Å². The lowest BCUT2D eigenvalue weighted by Gasteiger charge is -2.33. The molecule has 1 fully saturated rings. The highest BCUT2D eigenvalue weighted by Crippen LogP contribution is 2.31. The van der Waals surface area contributed by atoms with Crippen molar-refractivity contribution in [2.24, 2.45) is 11.3 Å². The number of carbonyl (C=O) groups is 1. The Balaban J connectivity index is 2.44. The van der Waals surface area contributed by atoms with Gasteiger partial charge in [-0.1, -0.05) is 33.6 Å². The topological polar surface area (TPSA) is 29.1 Å². The summed E-state index contributed by atoms with van der Waals surface area (Å²) in [6.45, 7) is 8.54. The maximum absolute atomic E-state index is 12.2. The summed E-state index contributed by atoms with van der Waals surface area (Å²) in [5.41, 5.74) is -0.0345. The molecule has 2 heteroatoms. The molecule has 0 aromatic carbocycles. The Bertz CT molecular complexity index is 207. The first-order valence-electron chi connectivity index (χ1n) is 6.32. The van der Waals surface area contributed by atoms with Crippen LogP contribution in [0.2, 0.25) is 0 Å². The first kappa shape index (κ1) is 12.7. The van der Waals surface area contributed by atoms with Crippen molar-refractivity contribution in [2.75, 3.05) is 13.1 Å². The molecule has 0 radical (unpaired) electrons. The molecule has 1 aliphatic rings. The van der Waals surface area contributed by atoms with Crippen molar-refractivity contribution in [3.05, 3.63) is 0 Å². The van der Waals surface area contributed by atoms with Crippen molar-refractivity contribution >= 4 is 5.78 Å². The van der Waals surface area contributed by atoms with Crippen LogP contribution in [0.3, 0.4) is 0 Å². The van der Waals surface area contributed by atoms with Crippen LogP contribution in [-0.2, 0) is 4.79 Å². The van der Waals surface area contributed by atoms with Crippen molar-refractivity contribution in [2.45, 2.75) is 52.9 Å². The molecule has 2 nitrogen and oxygen atoms in total. The Kier molecular flexibility index (Phi) is 4.78. The predicted octanol–water partition coefficient (Wildman–Crippen LogP) is 2.77. The second kappa shape index (κ2) is 5.64. The summed E-state index contributed by atoms with van der Waals surface area (Å²) in [7, 11) is 0. The monoisotopic (exact) mass is 211 g/mol. The molecule has 0 aromatic heterocycles. The van der Waals surface area contributed by atoms with Gasteiger partial charge in [0.15, 0.2) is 0 Å². The van der Waals surface area contributed by atoms with E-state index in [0.29, 0.717) is 11.7 Å². The molecule has 0 bridgehead atoms. The number of hydrogen-bond acceptors (Lipinski definition) is 2. The summed E-state index contributed by atoms with van der Waals surface area (Å²) in [6, 6.07) is 0. The molecular weight excluding hydrogens is 186 g/mol. The summed E-state index contributed by atoms with van der Waals surface area (Å²) in [4.78, 5) is 12.2. The minimum absolute atomic E-state index is 0.0345. The number of nitrogens with one attached hydrogen (secondary N) is 1. The molecule has 1 aliphatic heterocycles. The number of carbonyl (C=O) groups excluding carboxylic acids is 1. The highest BCUT2D eigenvalue weighted by Gasteiger charge is 2.34. The third-order valence-electron chi connectivity index (χ3n) is 3.70. The van der Waals surface area contributed by atoms with Crippen LogP contribution in [0.5, 0.6) is 0 Å². The molecule has 1 saturated heterocycles. The van der Waals surface area contributed by atoms with Crippen LogP contribution in [0.25, 0.3) is 0 Å². The quantitative estimate of drug-likeness (QED) is 0.757. The van der Waals surface area contributed by atoms with Gasteiger partial charge in [0.25, 0.3) is 0 Å². The number of rotatable bonds is 5. The van der Waals surface area contributed by atoms with Crippen molar-refractivity contribution in [1.29, 1.82) is 0 Å². The molecule has 0 amide bonds. The maximum Gasteiger partial charge on any atom is 0.139 e. The van der Waals surface area contributed by atoms with E-state index in [0.717, 1.165) is 32.4 Å². The molecule has 88 valence electrons. The van der Waals surface area contributed by atoms with Gasteiger partial charge in [-0.25, -0.2) is 0 Å². The smallest absolute Gasteiger partial charge is 0.139 e. The molecule has 1 unspecified atom stereocenters. The van der Waals surface area contributed by atoms with E-state index in [1.807, 2.05) is 0 Å². The van der Waals surface area contributed by atoms with Crippen LogP contribution in [0.4, 0.5) is 0 Å². The fourth-order valence-corrected chi connectivity index (χ4v) is 2.42. The SMILES string of the molecule is CCCC(C)CC(=O)C1(C)CCNCC1. The molecule has 1 rings (SSSR count). The van der Waals surface area contributed by atoms with Gasteiger partial charge in [-0.2, -0.15) is 0 Å². The van der Waals surface area contributed by atoms with Crippen molar-refractivity contribution in [3.63, 3.8) is 0 Å². The molecule has 0 spiro atoms. The van der Waals surface area contributed by atoms with E-state index < -0.39 is 0 Å². The van der Waals surface area contributed by atoms with Gasteiger partial charge in [-0.3, -0.25) is 4.79 Å². The second-order valence-electron chi connectivity index (χ2n) is 5.33. The number of Topliss-reactive ketones (excluding diaryl/α,β-unsaturated/α-hetero) is 1. The number of ketones is 1. The second-order valence-corrected chi connectivity index (χ2v) is 5.33. The van der Waals surface area contributed by atoms with Gasteiger partial charge in [0, 0.05) is 11.8 Å². The Morgan fingerprint density at radius 3 is 2.53 bits per heavy atom. The normalized spacial score (nSPS) is 22.3. The van der Waals surface area contributed by atoms with E-state index in [9.17, 15) is 4.79 Å². The van der Waals surface area contributed by atoms with Gasteiger partial charge >= 0.3 is 0 Å². The zero-order valence-electron chi connectivity index (χ0n) is 10.4. The highest BCUT2D eigenvalue weighted by molar-refractivity contribution is 5.84. The van der Waals surface area contributed by atoms with Gasteiger partial charge in [0.1, 0.15) is 5.78 Å². The largest absolute Gasteiger partial charge is 0.317 e. The van der Waals surface area contributed by atoms with E-state index in [-0.39, 0.29) is 5.41 Å². The van der Waals surface area contributed by atoms with Crippen molar-refractivity contribution in [1.82, 2.24) is 5.32 Å². The van der Waals surface area contributed by atoms with E-state index in [1.165, 1.54) is 12.8 Å². The minimum Gasteiger partial charge on any atom is -0.317 e. The Morgan fingerprint density at radius 1 is 1.40 bits per heavy atom. The van der Waals surface area contributed by atoms with Gasteiger partial charge in [-0.05, 0) is 31.8 Å². The fraction of sp³-hybridized carbons (Fsp3) is 0.923. The number of piperidine rings is 1. The zero-order chi connectivity index (χ0) is 11.3. The molecule has 15 heavy (non-hydrogen) atoms. The highest BCUT2D eigenvalue weighted by atomic mass is 16.1. The van der Waals surface area contributed by atoms with E-state index >= 15 is 0 Å². The maximum atomic E-state index is 12.2. The van der Waals surface area contributed by atoms with E-state index in [4.69, 9.17) is 0 Å². The van der Waals surface area contributed by atoms with Gasteiger partial charge in [-0.15, -0.1) is 0 Å². The predicted molar refractivity (Wildman–Crippen MR) is 63.9 cm³/mol. The van der Waals surface area contributed by atoms with Gasteiger partial charge in [0.2, 0.25) is 0 Å². The Hall–Kier alpha value is -0.370. The van der Waals surface area contributed by atoms with E-state index in [1.54, 1.807) is 0 Å². The molecular formula is C13H25NO. The first-order chi connectivity index (χ1) is 7.08. The molecule has 0 saturated carbocycles. The molecule has 1 N–H and O–H groups in total. The molecule has 1 heterocycles. The standard InChI is InChI=1S/C13H25NO/c1-4-5-11(2)10-12(15)13(3)6-8-14-9-7-13/h11,14H,4-10H2,1-3H3. The third-order valence-corrected chi connectivity index (χ3v) is 3.70. The lowest BCUT2D eigenvalue weighted by molar-refractivity contribution is -0.130. The molecule has 0 aliphatic carbocycles.